The Bertz CT molecular complexity index is 367. The first-order valence-corrected chi connectivity index (χ1v) is 6.04. The molecule has 0 radical (unpaired) electrons. The monoisotopic (exact) mass is 261 g/mol. The smallest absolute Gasteiger partial charge is 0.243 e. The third kappa shape index (κ3) is 2.60. The van der Waals surface area contributed by atoms with Crippen LogP contribution in [-0.2, 0) is 0 Å². The van der Waals surface area contributed by atoms with Crippen LogP contribution in [0.2, 0.25) is 0 Å². The van der Waals surface area contributed by atoms with Crippen molar-refractivity contribution in [1.82, 2.24) is 15.5 Å². The molecule has 4 nitrogen and oxygen atoms in total. The summed E-state index contributed by atoms with van der Waals surface area (Å²) in [6.07, 6.45) is 4.48. The summed E-state index contributed by atoms with van der Waals surface area (Å²) in [7, 11) is 0. The van der Waals surface area contributed by atoms with Crippen LogP contribution in [-0.4, -0.2) is 22.9 Å². The second-order valence-corrected chi connectivity index (χ2v) is 4.77. The number of alkyl halides is 1. The van der Waals surface area contributed by atoms with Gasteiger partial charge in [-0.05, 0) is 12.8 Å². The number of nitrogens with one attached hydrogen (secondary N) is 1. The summed E-state index contributed by atoms with van der Waals surface area (Å²) >= 11 is 0. The molecule has 2 heterocycles. The largest absolute Gasteiger partial charge is 0.338 e. The van der Waals surface area contributed by atoms with Gasteiger partial charge in [-0.25, -0.2) is 4.39 Å². The molecule has 2 atom stereocenters. The second kappa shape index (κ2) is 5.31. The van der Waals surface area contributed by atoms with E-state index in [4.69, 9.17) is 4.52 Å². The lowest BCUT2D eigenvalue weighted by Gasteiger charge is -2.02. The van der Waals surface area contributed by atoms with Crippen LogP contribution in [0, 0.1) is 0 Å². The third-order valence-corrected chi connectivity index (χ3v) is 3.55. The molecule has 1 N–H and O–H groups in total. The first-order chi connectivity index (χ1) is 7.83. The maximum absolute atomic E-state index is 13.0. The van der Waals surface area contributed by atoms with Crippen LogP contribution in [0.15, 0.2) is 4.52 Å². The zero-order chi connectivity index (χ0) is 11.0. The fraction of sp³-hybridized carbons (Fsp3) is 0.818. The topological polar surface area (TPSA) is 51.0 Å². The number of hydrogen-bond donors (Lipinski definition) is 1. The number of aromatic nitrogens is 2. The zero-order valence-corrected chi connectivity index (χ0v) is 10.4. The lowest BCUT2D eigenvalue weighted by Crippen LogP contribution is -2.14. The first kappa shape index (κ1) is 12.8. The van der Waals surface area contributed by atoms with Gasteiger partial charge >= 0.3 is 0 Å². The lowest BCUT2D eigenvalue weighted by molar-refractivity contribution is 0.321. The van der Waals surface area contributed by atoms with Crippen molar-refractivity contribution < 1.29 is 8.91 Å². The van der Waals surface area contributed by atoms with Crippen molar-refractivity contribution in [2.24, 2.45) is 0 Å². The Hall–Kier alpha value is -0.680. The number of rotatable bonds is 2. The van der Waals surface area contributed by atoms with Gasteiger partial charge in [-0.15, -0.1) is 12.4 Å². The van der Waals surface area contributed by atoms with E-state index in [0.29, 0.717) is 24.8 Å². The average Bonchev–Trinajstić information content (AvgIpc) is 2.97. The van der Waals surface area contributed by atoms with Crippen molar-refractivity contribution in [1.29, 1.82) is 0 Å². The molecular formula is C11H17ClFN3O. The highest BCUT2D eigenvalue weighted by Crippen LogP contribution is 2.33. The van der Waals surface area contributed by atoms with Gasteiger partial charge < -0.3 is 9.84 Å². The van der Waals surface area contributed by atoms with Crippen molar-refractivity contribution >= 4 is 12.4 Å². The molecule has 1 aliphatic carbocycles. The number of nitrogens with zero attached hydrogens (tertiary/aromatic N) is 2. The molecule has 1 aromatic rings. The average molecular weight is 262 g/mol. The van der Waals surface area contributed by atoms with Crippen LogP contribution < -0.4 is 5.32 Å². The quantitative estimate of drug-likeness (QED) is 0.889. The Morgan fingerprint density at radius 3 is 2.71 bits per heavy atom. The molecule has 0 unspecified atom stereocenters. The highest BCUT2D eigenvalue weighted by molar-refractivity contribution is 5.85. The van der Waals surface area contributed by atoms with Crippen LogP contribution >= 0.6 is 12.4 Å². The van der Waals surface area contributed by atoms with Crippen molar-refractivity contribution in [2.75, 3.05) is 6.54 Å². The summed E-state index contributed by atoms with van der Waals surface area (Å²) < 4.78 is 18.2. The van der Waals surface area contributed by atoms with Crippen molar-refractivity contribution in [3.8, 4) is 0 Å². The van der Waals surface area contributed by atoms with Gasteiger partial charge in [0.1, 0.15) is 6.17 Å². The van der Waals surface area contributed by atoms with Gasteiger partial charge in [0.25, 0.3) is 0 Å². The lowest BCUT2D eigenvalue weighted by atomic mass is 10.1. The van der Waals surface area contributed by atoms with Crippen LogP contribution in [0.25, 0.3) is 0 Å². The van der Waals surface area contributed by atoms with Crippen LogP contribution in [0.3, 0.4) is 0 Å². The summed E-state index contributed by atoms with van der Waals surface area (Å²) in [5, 5.41) is 7.07. The summed E-state index contributed by atoms with van der Waals surface area (Å²) in [5.74, 6) is 1.83. The summed E-state index contributed by atoms with van der Waals surface area (Å²) in [6.45, 7) is 0.395. The third-order valence-electron chi connectivity index (χ3n) is 3.55. The Labute approximate surface area is 106 Å². The summed E-state index contributed by atoms with van der Waals surface area (Å²) in [4.78, 5) is 4.40. The molecule has 1 aromatic heterocycles. The Kier molecular flexibility index (Phi) is 3.99. The van der Waals surface area contributed by atoms with E-state index in [2.05, 4.69) is 15.5 Å². The number of hydrogen-bond acceptors (Lipinski definition) is 4. The van der Waals surface area contributed by atoms with Crippen LogP contribution in [0.1, 0.15) is 55.8 Å². The predicted molar refractivity (Wildman–Crippen MR) is 63.0 cm³/mol. The van der Waals surface area contributed by atoms with E-state index in [9.17, 15) is 4.39 Å². The van der Waals surface area contributed by atoms with Gasteiger partial charge in [0.2, 0.25) is 5.89 Å². The van der Waals surface area contributed by atoms with E-state index >= 15 is 0 Å². The van der Waals surface area contributed by atoms with Gasteiger partial charge in [0.15, 0.2) is 5.82 Å². The van der Waals surface area contributed by atoms with E-state index in [1.165, 1.54) is 12.8 Å². The molecule has 0 amide bonds. The molecular weight excluding hydrogens is 245 g/mol. The Morgan fingerprint density at radius 2 is 2.06 bits per heavy atom. The molecule has 17 heavy (non-hydrogen) atoms. The van der Waals surface area contributed by atoms with Crippen molar-refractivity contribution in [3.63, 3.8) is 0 Å². The highest BCUT2D eigenvalue weighted by atomic mass is 35.5. The van der Waals surface area contributed by atoms with E-state index in [1.54, 1.807) is 0 Å². The van der Waals surface area contributed by atoms with E-state index in [-0.39, 0.29) is 18.4 Å². The maximum atomic E-state index is 13.0. The fourth-order valence-electron chi connectivity index (χ4n) is 2.62. The van der Waals surface area contributed by atoms with Crippen molar-refractivity contribution in [2.45, 2.75) is 50.2 Å². The van der Waals surface area contributed by atoms with Gasteiger partial charge in [0.05, 0.1) is 6.04 Å². The molecule has 0 bridgehead atoms. The highest BCUT2D eigenvalue weighted by Gasteiger charge is 2.30. The zero-order valence-electron chi connectivity index (χ0n) is 9.56. The normalized spacial score (nSPS) is 29.5. The minimum atomic E-state index is -0.785. The minimum Gasteiger partial charge on any atom is -0.338 e. The van der Waals surface area contributed by atoms with Gasteiger partial charge in [-0.2, -0.15) is 4.98 Å². The molecule has 0 aromatic carbocycles. The summed E-state index contributed by atoms with van der Waals surface area (Å²) in [6, 6.07) is -0.0855. The fourth-order valence-corrected chi connectivity index (χ4v) is 2.62. The summed E-state index contributed by atoms with van der Waals surface area (Å²) in [5.41, 5.74) is 0. The van der Waals surface area contributed by atoms with Gasteiger partial charge in [0, 0.05) is 18.9 Å². The van der Waals surface area contributed by atoms with E-state index in [0.717, 1.165) is 18.7 Å². The molecule has 2 aliphatic rings. The molecule has 1 saturated carbocycles. The maximum Gasteiger partial charge on any atom is 0.243 e. The van der Waals surface area contributed by atoms with Crippen LogP contribution in [0.4, 0.5) is 4.39 Å². The number of halogens is 2. The molecule has 6 heteroatoms. The Balaban J connectivity index is 0.00000108. The molecule has 1 aliphatic heterocycles. The standard InChI is InChI=1S/C11H16FN3O.ClH/c12-8-5-9(13-6-8)11-14-10(15-16-11)7-3-1-2-4-7;/h7-9,13H,1-6H2;1H/t8-,9+;/m0./s1. The van der Waals surface area contributed by atoms with Crippen molar-refractivity contribution in [3.05, 3.63) is 11.7 Å². The Morgan fingerprint density at radius 1 is 1.29 bits per heavy atom. The van der Waals surface area contributed by atoms with Gasteiger partial charge in [-0.1, -0.05) is 18.0 Å². The minimum absolute atomic E-state index is 0. The van der Waals surface area contributed by atoms with E-state index in [1.807, 2.05) is 0 Å². The van der Waals surface area contributed by atoms with Gasteiger partial charge in [-0.3, -0.25) is 0 Å². The SMILES string of the molecule is Cl.F[C@@H]1CN[C@@H](c2nc(C3CCCC3)no2)C1. The molecule has 96 valence electrons. The van der Waals surface area contributed by atoms with E-state index < -0.39 is 6.17 Å². The first-order valence-electron chi connectivity index (χ1n) is 6.04. The molecule has 1 saturated heterocycles. The predicted octanol–water partition coefficient (Wildman–Crippen LogP) is 2.52. The van der Waals surface area contributed by atoms with Crippen LogP contribution in [0.5, 0.6) is 0 Å². The molecule has 3 rings (SSSR count). The second-order valence-electron chi connectivity index (χ2n) is 4.77. The molecule has 0 spiro atoms. The molecule has 2 fully saturated rings.